The van der Waals surface area contributed by atoms with E-state index in [-0.39, 0.29) is 18.8 Å². The fourth-order valence-electron chi connectivity index (χ4n) is 7.15. The number of cyclic esters (lactones) is 1. The molecule has 0 saturated carbocycles. The third kappa shape index (κ3) is 21.0. The summed E-state index contributed by atoms with van der Waals surface area (Å²) in [4.78, 5) is 50.3. The Morgan fingerprint density at radius 1 is 0.585 bits per heavy atom. The molecule has 0 bridgehead atoms. The van der Waals surface area contributed by atoms with Gasteiger partial charge in [-0.15, -0.1) is 0 Å². The van der Waals surface area contributed by atoms with Crippen molar-refractivity contribution in [2.24, 2.45) is 23.5 Å². The minimum Gasteiger partial charge on any atom is -0.481 e. The van der Waals surface area contributed by atoms with Crippen LogP contribution < -0.4 is 5.73 Å². The van der Waals surface area contributed by atoms with Crippen LogP contribution in [0.5, 0.6) is 0 Å². The van der Waals surface area contributed by atoms with Crippen LogP contribution in [0, 0.1) is 17.8 Å². The molecule has 0 aromatic heterocycles. The number of ether oxygens (including phenoxy) is 3. The Kier molecular flexibility index (Phi) is 26.0. The van der Waals surface area contributed by atoms with Gasteiger partial charge in [-0.25, -0.2) is 0 Å². The Morgan fingerprint density at radius 3 is 1.66 bits per heavy atom. The Labute approximate surface area is 380 Å². The number of rotatable bonds is 3. The highest BCUT2D eigenvalue weighted by Crippen LogP contribution is 2.26. The lowest BCUT2D eigenvalue weighted by Gasteiger charge is -2.41. The van der Waals surface area contributed by atoms with Gasteiger partial charge in [0, 0.05) is 43.9 Å². The standard InChI is InChI=1S/C47H71NO17/c1-27-17-15-13-11-9-7-5-6-8-10-12-14-16-18-35(65-47-45(60)42(48)44(59)30(4)64-47)26-39(56)41(46(61)62)38(55)24-34(52)23-37(54)36(53)20-19-31(49)21-32(50)22-33(51)25-40(57)63-29(3)28(2)43(27)58/h5-18,27-31,33,35-39,41-45,47,49,51,53-56,58-60H,19-26,48H2,1-4H3,(H,61,62)/b6-5+,9-7-,10-8+,13-11+,14-12-,17-15+,18-16+/t27?,28?,29?,30-,31?,33?,35?,36?,37?,38?,39?,41?,42?,43?,44-,45+,47+/m0/s1. The number of esters is 1. The highest BCUT2D eigenvalue weighted by Gasteiger charge is 2.43. The van der Waals surface area contributed by atoms with Crippen molar-refractivity contribution in [2.75, 3.05) is 0 Å². The molecule has 13 unspecified atom stereocenters. The van der Waals surface area contributed by atoms with Crippen molar-refractivity contribution in [1.82, 2.24) is 0 Å². The lowest BCUT2D eigenvalue weighted by molar-refractivity contribution is -0.277. The molecule has 18 heteroatoms. The third-order valence-electron chi connectivity index (χ3n) is 11.3. The lowest BCUT2D eigenvalue weighted by Crippen LogP contribution is -2.61. The number of ketones is 2. The van der Waals surface area contributed by atoms with Crippen molar-refractivity contribution in [1.29, 1.82) is 0 Å². The molecule has 1 saturated heterocycles. The van der Waals surface area contributed by atoms with E-state index in [4.69, 9.17) is 19.9 Å². The minimum absolute atomic E-state index is 0.208. The largest absolute Gasteiger partial charge is 0.481 e. The number of aliphatic hydroxyl groups is 9. The average Bonchev–Trinajstić information content (AvgIpc) is 3.22. The zero-order valence-corrected chi connectivity index (χ0v) is 37.5. The van der Waals surface area contributed by atoms with Crippen LogP contribution >= 0.6 is 0 Å². The first-order valence-electron chi connectivity index (χ1n) is 22.0. The molecule has 0 spiro atoms. The van der Waals surface area contributed by atoms with Crippen molar-refractivity contribution in [3.8, 4) is 0 Å². The van der Waals surface area contributed by atoms with Gasteiger partial charge in [0.15, 0.2) is 6.29 Å². The number of aliphatic carboxylic acids is 1. The van der Waals surface area contributed by atoms with Crippen molar-refractivity contribution in [2.45, 2.75) is 165 Å². The number of carboxylic acids is 1. The second-order valence-corrected chi connectivity index (χ2v) is 16.9. The summed E-state index contributed by atoms with van der Waals surface area (Å²) in [7, 11) is 0. The van der Waals surface area contributed by atoms with Gasteiger partial charge < -0.3 is 71.0 Å². The maximum absolute atomic E-state index is 12.9. The van der Waals surface area contributed by atoms with Crippen LogP contribution in [0.2, 0.25) is 0 Å². The van der Waals surface area contributed by atoms with E-state index in [1.807, 2.05) is 6.92 Å². The first kappa shape index (κ1) is 57.1. The van der Waals surface area contributed by atoms with Gasteiger partial charge in [0.1, 0.15) is 29.7 Å². The number of Topliss-reactive ketones (excluding diaryl/α,β-unsaturated/α-hetero) is 2. The van der Waals surface area contributed by atoms with Crippen LogP contribution in [0.4, 0.5) is 0 Å². The monoisotopic (exact) mass is 921 g/mol. The molecule has 2 heterocycles. The molecule has 2 aliphatic heterocycles. The molecule has 0 radical (unpaired) electrons. The summed E-state index contributed by atoms with van der Waals surface area (Å²) >= 11 is 0. The van der Waals surface area contributed by atoms with E-state index in [0.29, 0.717) is 0 Å². The van der Waals surface area contributed by atoms with Gasteiger partial charge in [0.05, 0.1) is 73.5 Å². The average molecular weight is 922 g/mol. The maximum Gasteiger partial charge on any atom is 0.311 e. The van der Waals surface area contributed by atoms with Gasteiger partial charge in [0.2, 0.25) is 0 Å². The molecule has 18 nitrogen and oxygen atoms in total. The van der Waals surface area contributed by atoms with Gasteiger partial charge in [-0.1, -0.05) is 98.9 Å². The number of hydrogen-bond donors (Lipinski definition) is 11. The van der Waals surface area contributed by atoms with E-state index in [0.717, 1.165) is 0 Å². The smallest absolute Gasteiger partial charge is 0.311 e. The van der Waals surface area contributed by atoms with Crippen LogP contribution in [-0.2, 0) is 33.4 Å². The summed E-state index contributed by atoms with van der Waals surface area (Å²) in [5, 5.41) is 106. The summed E-state index contributed by atoms with van der Waals surface area (Å²) < 4.78 is 16.9. The molecule has 1 fully saturated rings. The second kappa shape index (κ2) is 29.6. The fourth-order valence-corrected chi connectivity index (χ4v) is 7.15. The van der Waals surface area contributed by atoms with Gasteiger partial charge in [0.25, 0.3) is 0 Å². The van der Waals surface area contributed by atoms with E-state index in [9.17, 15) is 70.2 Å². The molecule has 366 valence electrons. The van der Waals surface area contributed by atoms with Gasteiger partial charge in [-0.05, 0) is 26.7 Å². The molecule has 2 aliphatic rings. The number of carbonyl (C=O) groups excluding carboxylic acids is 3. The molecular formula is C47H71NO17. The summed E-state index contributed by atoms with van der Waals surface area (Å²) in [6.07, 6.45) is 2.33. The Morgan fingerprint density at radius 2 is 1.09 bits per heavy atom. The van der Waals surface area contributed by atoms with E-state index < -0.39 is 159 Å². The number of nitrogens with two attached hydrogens (primary N) is 1. The summed E-state index contributed by atoms with van der Waals surface area (Å²) in [6.45, 7) is 6.64. The topological polar surface area (TPSA) is 324 Å². The number of allylic oxidation sites excluding steroid dienone is 12. The zero-order valence-electron chi connectivity index (χ0n) is 37.5. The maximum atomic E-state index is 12.9. The number of hydrogen-bond acceptors (Lipinski definition) is 17. The van der Waals surface area contributed by atoms with Crippen LogP contribution in [-0.4, -0.2) is 160 Å². The number of carboxylic acid groups (broad SMARTS) is 1. The van der Waals surface area contributed by atoms with Crippen molar-refractivity contribution in [3.63, 3.8) is 0 Å². The van der Waals surface area contributed by atoms with Gasteiger partial charge in [-0.2, -0.15) is 0 Å². The van der Waals surface area contributed by atoms with Crippen molar-refractivity contribution >= 4 is 23.5 Å². The lowest BCUT2D eigenvalue weighted by atomic mass is 9.88. The van der Waals surface area contributed by atoms with Crippen molar-refractivity contribution < 1.29 is 84.5 Å². The first-order chi connectivity index (χ1) is 30.6. The Hall–Kier alpha value is -4.02. The summed E-state index contributed by atoms with van der Waals surface area (Å²) in [6, 6.07) is -1.16. The fraction of sp³-hybridized carbons (Fsp3) is 0.617. The Balaban J connectivity index is 2.29. The first-order valence-corrected chi connectivity index (χ1v) is 22.0. The predicted molar refractivity (Wildman–Crippen MR) is 237 cm³/mol. The van der Waals surface area contributed by atoms with E-state index >= 15 is 0 Å². The molecule has 17 atom stereocenters. The normalized spacial score (nSPS) is 41.6. The zero-order chi connectivity index (χ0) is 48.8. The highest BCUT2D eigenvalue weighted by atomic mass is 16.7. The molecule has 0 aromatic rings. The molecule has 65 heavy (non-hydrogen) atoms. The van der Waals surface area contributed by atoms with Crippen LogP contribution in [0.25, 0.3) is 0 Å². The van der Waals surface area contributed by atoms with Crippen molar-refractivity contribution in [3.05, 3.63) is 85.1 Å². The SMILES string of the molecule is CC1/C=C/C=C/C=C\C=C\C=C\C=C/C=C/C(O[C@H]2O[C@@H](C)[C@H](O)C(N)[C@H]2O)CC(O)C(C(=O)O)C(O)CC(=O)CC(O)C(O)CCC(O)CC(=O)CC(O)CC(=O)OC(C)C(C)C1O. The number of aliphatic hydroxyl groups excluding tert-OH is 9. The van der Waals surface area contributed by atoms with Crippen LogP contribution in [0.1, 0.15) is 79.1 Å². The number of carbonyl (C=O) groups is 4. The molecule has 0 aromatic carbocycles. The quantitative estimate of drug-likeness (QED) is 0.174. The molecule has 2 rings (SSSR count). The van der Waals surface area contributed by atoms with Crippen LogP contribution in [0.3, 0.4) is 0 Å². The van der Waals surface area contributed by atoms with E-state index in [1.54, 1.807) is 86.8 Å². The summed E-state index contributed by atoms with van der Waals surface area (Å²) in [5.41, 5.74) is 5.95. The van der Waals surface area contributed by atoms with Crippen LogP contribution in [0.15, 0.2) is 85.1 Å². The predicted octanol–water partition coefficient (Wildman–Crippen LogP) is 0.763. The van der Waals surface area contributed by atoms with E-state index in [2.05, 4.69) is 0 Å². The van der Waals surface area contributed by atoms with E-state index in [1.165, 1.54) is 19.1 Å². The van der Waals surface area contributed by atoms with Gasteiger partial charge in [-0.3, -0.25) is 19.2 Å². The molecule has 12 N–H and O–H groups in total. The Bertz CT molecular complexity index is 1690. The minimum atomic E-state index is -1.97. The molecular weight excluding hydrogens is 851 g/mol. The third-order valence-corrected chi connectivity index (χ3v) is 11.3. The second-order valence-electron chi connectivity index (χ2n) is 16.9. The molecule has 0 aliphatic carbocycles. The summed E-state index contributed by atoms with van der Waals surface area (Å²) in [5.74, 6) is -6.64. The van der Waals surface area contributed by atoms with Gasteiger partial charge >= 0.3 is 11.9 Å². The molecule has 0 amide bonds. The highest BCUT2D eigenvalue weighted by molar-refractivity contribution is 5.81.